The van der Waals surface area contributed by atoms with E-state index in [0.717, 1.165) is 31.0 Å². The number of amides is 1. The van der Waals surface area contributed by atoms with Crippen molar-refractivity contribution >= 4 is 29.3 Å². The van der Waals surface area contributed by atoms with E-state index in [1.807, 2.05) is 0 Å². The molecular formula is C23H34N2O10S. The first-order valence-electron chi connectivity index (χ1n) is 11.7. The molecule has 1 amide bonds. The van der Waals surface area contributed by atoms with Crippen molar-refractivity contribution in [1.29, 1.82) is 0 Å². The molecule has 1 atom stereocenters. The monoisotopic (exact) mass is 530 g/mol. The zero-order valence-electron chi connectivity index (χ0n) is 20.4. The molecule has 2 aliphatic rings. The lowest BCUT2D eigenvalue weighted by Gasteiger charge is -2.15. The van der Waals surface area contributed by atoms with E-state index in [-0.39, 0.29) is 49.2 Å². The molecule has 2 N–H and O–H groups in total. The summed E-state index contributed by atoms with van der Waals surface area (Å²) >= 11 is 1.15. The predicted octanol–water partition coefficient (Wildman–Crippen LogP) is 2.41. The summed E-state index contributed by atoms with van der Waals surface area (Å²) in [5, 5.41) is 23.6. The van der Waals surface area contributed by atoms with Crippen LogP contribution in [0.15, 0.2) is 12.1 Å². The number of fused-ring (bicyclic) bond motifs is 22. The maximum atomic E-state index is 12.1. The van der Waals surface area contributed by atoms with E-state index in [0.29, 0.717) is 37.7 Å². The number of benzene rings is 1. The first-order valence-corrected chi connectivity index (χ1v) is 12.9. The molecule has 0 saturated heterocycles. The molecule has 1 unspecified atom stereocenters. The molecular weight excluding hydrogens is 496 g/mol. The fourth-order valence-electron chi connectivity index (χ4n) is 3.26. The second-order valence-corrected chi connectivity index (χ2v) is 8.89. The average Bonchev–Trinajstić information content (AvgIpc) is 2.85. The van der Waals surface area contributed by atoms with Gasteiger partial charge in [0, 0.05) is 36.7 Å². The van der Waals surface area contributed by atoms with Crippen molar-refractivity contribution in [3.8, 4) is 11.5 Å². The molecule has 0 radical (unpaired) electrons. The number of carboxylic acids is 1. The summed E-state index contributed by atoms with van der Waals surface area (Å²) in [5.41, 5.74) is 0.170. The van der Waals surface area contributed by atoms with Crippen LogP contribution in [0.4, 0.5) is 5.69 Å². The summed E-state index contributed by atoms with van der Waals surface area (Å²) in [6.45, 7) is 2.60. The normalized spacial score (nSPS) is 20.2. The molecule has 2 heterocycles. The first kappa shape index (κ1) is 29.6. The zero-order valence-corrected chi connectivity index (χ0v) is 21.2. The van der Waals surface area contributed by atoms with Gasteiger partial charge >= 0.3 is 5.97 Å². The zero-order chi connectivity index (χ0) is 26.2. The van der Waals surface area contributed by atoms with Crippen molar-refractivity contribution < 1.29 is 43.3 Å². The van der Waals surface area contributed by atoms with Gasteiger partial charge in [0.1, 0.15) is 12.6 Å². The lowest BCUT2D eigenvalue weighted by Crippen LogP contribution is -2.42. The van der Waals surface area contributed by atoms with Crippen molar-refractivity contribution in [1.82, 2.24) is 5.32 Å². The number of carbonyl (C=O) groups is 2. The van der Waals surface area contributed by atoms with E-state index in [1.54, 1.807) is 0 Å². The van der Waals surface area contributed by atoms with Gasteiger partial charge in [0.15, 0.2) is 11.5 Å². The van der Waals surface area contributed by atoms with Crippen molar-refractivity contribution in [3.63, 3.8) is 0 Å². The molecule has 0 spiro atoms. The largest absolute Gasteiger partial charge is 0.493 e. The fourth-order valence-corrected chi connectivity index (χ4v) is 4.29. The maximum absolute atomic E-state index is 12.1. The van der Waals surface area contributed by atoms with Crippen LogP contribution in [0.3, 0.4) is 0 Å². The van der Waals surface area contributed by atoms with Gasteiger partial charge in [-0.3, -0.25) is 14.9 Å². The van der Waals surface area contributed by atoms with E-state index >= 15 is 0 Å². The molecule has 13 heteroatoms. The summed E-state index contributed by atoms with van der Waals surface area (Å²) < 4.78 is 27.4. The number of thioether (sulfide) groups is 1. The Morgan fingerprint density at radius 3 is 2.42 bits per heavy atom. The van der Waals surface area contributed by atoms with E-state index < -0.39 is 22.8 Å². The standard InChI is InChI=1S/C23H34N2O10S/c1-31-20-13-17-15-36-16-18(23(27)28)24-22(26)5-8-32-6-3-2-4-7-33-9-10-34-11-12-35-21(20)14-19(17)25(29)30/h13-14,18H,2-12,15-16H2,1H3,(H,24,26)(H,27,28). The highest BCUT2D eigenvalue weighted by Gasteiger charge is 2.23. The van der Waals surface area contributed by atoms with Crippen molar-refractivity contribution in [2.75, 3.05) is 59.1 Å². The third-order valence-electron chi connectivity index (χ3n) is 5.15. The Morgan fingerprint density at radius 1 is 1.08 bits per heavy atom. The highest BCUT2D eigenvalue weighted by Crippen LogP contribution is 2.36. The minimum absolute atomic E-state index is 0.0268. The predicted molar refractivity (Wildman–Crippen MR) is 132 cm³/mol. The van der Waals surface area contributed by atoms with Gasteiger partial charge in [-0.15, -0.1) is 0 Å². The average molecular weight is 531 g/mol. The van der Waals surface area contributed by atoms with Crippen LogP contribution in [0.5, 0.6) is 11.5 Å². The second kappa shape index (κ2) is 17.0. The van der Waals surface area contributed by atoms with Crippen LogP contribution in [-0.2, 0) is 29.6 Å². The number of nitrogens with one attached hydrogen (secondary N) is 1. The van der Waals surface area contributed by atoms with Gasteiger partial charge in [0.2, 0.25) is 5.91 Å². The number of hydrogen-bond donors (Lipinski definition) is 2. The molecule has 36 heavy (non-hydrogen) atoms. The van der Waals surface area contributed by atoms with Gasteiger partial charge in [-0.1, -0.05) is 0 Å². The number of nitro groups is 1. The number of ether oxygens (including phenoxy) is 5. The van der Waals surface area contributed by atoms with Gasteiger partial charge < -0.3 is 34.1 Å². The summed E-state index contributed by atoms with van der Waals surface area (Å²) in [4.78, 5) is 34.9. The van der Waals surface area contributed by atoms with E-state index in [1.165, 1.54) is 19.2 Å². The number of carbonyl (C=O) groups excluding carboxylic acids is 1. The number of hydrogen-bond acceptors (Lipinski definition) is 10. The quantitative estimate of drug-likeness (QED) is 0.336. The van der Waals surface area contributed by atoms with Gasteiger partial charge in [-0.2, -0.15) is 11.8 Å². The van der Waals surface area contributed by atoms with Gasteiger partial charge in [0.25, 0.3) is 5.69 Å². The Morgan fingerprint density at radius 2 is 1.75 bits per heavy atom. The van der Waals surface area contributed by atoms with Crippen molar-refractivity contribution in [2.45, 2.75) is 37.5 Å². The lowest BCUT2D eigenvalue weighted by molar-refractivity contribution is -0.385. The lowest BCUT2D eigenvalue weighted by atomic mass is 10.2. The first-order chi connectivity index (χ1) is 17.4. The van der Waals surface area contributed by atoms with Gasteiger partial charge in [-0.25, -0.2) is 4.79 Å². The number of methoxy groups -OCH3 is 1. The Balaban J connectivity index is 2.08. The van der Waals surface area contributed by atoms with Gasteiger partial charge in [-0.05, 0) is 25.3 Å². The molecule has 3 rings (SSSR count). The van der Waals surface area contributed by atoms with Crippen LogP contribution in [0.2, 0.25) is 0 Å². The molecule has 0 fully saturated rings. The molecule has 0 aromatic heterocycles. The van der Waals surface area contributed by atoms with E-state index in [2.05, 4.69) is 5.32 Å². The minimum atomic E-state index is -1.19. The smallest absolute Gasteiger partial charge is 0.327 e. The number of nitrogens with zero attached hydrogens (tertiary/aromatic N) is 1. The van der Waals surface area contributed by atoms with E-state index in [4.69, 9.17) is 23.7 Å². The molecule has 2 aliphatic heterocycles. The highest BCUT2D eigenvalue weighted by molar-refractivity contribution is 7.98. The molecule has 0 saturated carbocycles. The fraction of sp³-hybridized carbons (Fsp3) is 0.652. The van der Waals surface area contributed by atoms with Crippen LogP contribution in [0.25, 0.3) is 0 Å². The molecule has 0 aliphatic carbocycles. The summed E-state index contributed by atoms with van der Waals surface area (Å²) in [7, 11) is 1.43. The third kappa shape index (κ3) is 11.0. The topological polar surface area (TPSA) is 156 Å². The Kier molecular flexibility index (Phi) is 13.9. The summed E-state index contributed by atoms with van der Waals surface area (Å²) in [5.74, 6) is -0.931. The van der Waals surface area contributed by atoms with Crippen molar-refractivity contribution in [2.24, 2.45) is 0 Å². The molecule has 2 bridgehead atoms. The SMILES string of the molecule is COc1cc2c([N+](=O)[O-])cc1OCCOCCOCCCCCOCCC(=O)NC(C(=O)O)CSC2. The molecule has 1 aromatic carbocycles. The van der Waals surface area contributed by atoms with Crippen LogP contribution in [-0.4, -0.2) is 87.1 Å². The van der Waals surface area contributed by atoms with Gasteiger partial charge in [0.05, 0.1) is 44.5 Å². The Hall–Kier alpha value is -2.61. The van der Waals surface area contributed by atoms with E-state index in [9.17, 15) is 24.8 Å². The number of rotatable bonds is 3. The number of carboxylic acid groups (broad SMARTS) is 1. The van der Waals surface area contributed by atoms with Crippen molar-refractivity contribution in [3.05, 3.63) is 27.8 Å². The molecule has 1 aromatic rings. The minimum Gasteiger partial charge on any atom is -0.493 e. The second-order valence-electron chi connectivity index (χ2n) is 7.86. The molecule has 12 nitrogen and oxygen atoms in total. The number of nitro benzene ring substituents is 1. The van der Waals surface area contributed by atoms with Crippen LogP contribution < -0.4 is 14.8 Å². The number of aliphatic carboxylic acids is 1. The molecule has 202 valence electrons. The summed E-state index contributed by atoms with van der Waals surface area (Å²) in [6, 6.07) is 1.65. The summed E-state index contributed by atoms with van der Waals surface area (Å²) in [6.07, 6.45) is 2.68. The van der Waals surface area contributed by atoms with Crippen LogP contribution >= 0.6 is 11.8 Å². The Bertz CT molecular complexity index is 854. The maximum Gasteiger partial charge on any atom is 0.327 e. The third-order valence-corrected chi connectivity index (χ3v) is 6.23. The Labute approximate surface area is 214 Å². The van der Waals surface area contributed by atoms with Crippen LogP contribution in [0.1, 0.15) is 31.2 Å². The highest BCUT2D eigenvalue weighted by atomic mass is 32.2. The van der Waals surface area contributed by atoms with Crippen LogP contribution in [0, 0.1) is 10.1 Å².